The van der Waals surface area contributed by atoms with E-state index in [-0.39, 0.29) is 5.97 Å². The molecule has 0 unspecified atom stereocenters. The van der Waals surface area contributed by atoms with Gasteiger partial charge < -0.3 is 18.9 Å². The maximum Gasteiger partial charge on any atom is 0.305 e. The van der Waals surface area contributed by atoms with Crippen molar-refractivity contribution in [3.05, 3.63) is 29.8 Å². The Morgan fingerprint density at radius 2 is 1.18 bits per heavy atom. The Morgan fingerprint density at radius 1 is 0.636 bits per heavy atom. The first kappa shape index (κ1) is 29.4. The van der Waals surface area contributed by atoms with Gasteiger partial charge in [0.2, 0.25) is 0 Å². The molecule has 1 rings (SSSR count). The molecular weight excluding hydrogens is 416 g/mol. The molecule has 0 aliphatic carbocycles. The number of carbonyl (C=O) groups is 1. The summed E-state index contributed by atoms with van der Waals surface area (Å²) in [7, 11) is 0. The minimum atomic E-state index is -0.126. The Bertz CT molecular complexity index is 558. The van der Waals surface area contributed by atoms with E-state index in [1.54, 1.807) is 0 Å². The number of unbranched alkanes of at least 4 members (excludes halogenated alkanes) is 9. The average Bonchev–Trinajstić information content (AvgIpc) is 2.83. The SMILES string of the molecule is CCCCCCCCc1ccc(OCCOCCOCCOC(=O)CCCCCCC)cc1. The fourth-order valence-corrected chi connectivity index (χ4v) is 3.56. The number of benzene rings is 1. The van der Waals surface area contributed by atoms with E-state index in [0.717, 1.165) is 25.0 Å². The van der Waals surface area contributed by atoms with Crippen LogP contribution in [-0.4, -0.2) is 45.6 Å². The summed E-state index contributed by atoms with van der Waals surface area (Å²) in [5.74, 6) is 0.757. The minimum Gasteiger partial charge on any atom is -0.491 e. The predicted octanol–water partition coefficient (Wildman–Crippen LogP) is 6.91. The van der Waals surface area contributed by atoms with E-state index >= 15 is 0 Å². The quantitative estimate of drug-likeness (QED) is 0.130. The molecule has 0 saturated heterocycles. The third-order valence-corrected chi connectivity index (χ3v) is 5.59. The first-order valence-electron chi connectivity index (χ1n) is 13.3. The zero-order valence-corrected chi connectivity index (χ0v) is 21.3. The third kappa shape index (κ3) is 18.5. The lowest BCUT2D eigenvalue weighted by molar-refractivity contribution is -0.145. The Hall–Kier alpha value is -1.59. The molecule has 0 fully saturated rings. The first-order chi connectivity index (χ1) is 16.3. The van der Waals surface area contributed by atoms with Gasteiger partial charge >= 0.3 is 5.97 Å². The summed E-state index contributed by atoms with van der Waals surface area (Å²) in [6.45, 7) is 7.20. The van der Waals surface area contributed by atoms with Crippen molar-refractivity contribution >= 4 is 5.97 Å². The van der Waals surface area contributed by atoms with Crippen molar-refractivity contribution < 1.29 is 23.7 Å². The Morgan fingerprint density at radius 3 is 1.85 bits per heavy atom. The maximum absolute atomic E-state index is 11.6. The minimum absolute atomic E-state index is 0.126. The van der Waals surface area contributed by atoms with Crippen molar-refractivity contribution in [2.24, 2.45) is 0 Å². The lowest BCUT2D eigenvalue weighted by Crippen LogP contribution is -2.14. The molecule has 5 heteroatoms. The summed E-state index contributed by atoms with van der Waals surface area (Å²) < 4.78 is 21.9. The molecule has 1 aromatic carbocycles. The monoisotopic (exact) mass is 464 g/mol. The Balaban J connectivity index is 1.89. The van der Waals surface area contributed by atoms with Crippen LogP contribution in [0.5, 0.6) is 5.75 Å². The van der Waals surface area contributed by atoms with Crippen LogP contribution in [0.15, 0.2) is 24.3 Å². The molecule has 0 saturated carbocycles. The van der Waals surface area contributed by atoms with E-state index in [0.29, 0.717) is 46.1 Å². The van der Waals surface area contributed by atoms with Crippen molar-refractivity contribution in [1.29, 1.82) is 0 Å². The van der Waals surface area contributed by atoms with Crippen LogP contribution in [-0.2, 0) is 25.4 Å². The van der Waals surface area contributed by atoms with Gasteiger partial charge in [0.1, 0.15) is 19.0 Å². The molecule has 0 aromatic heterocycles. The normalized spacial score (nSPS) is 11.0. The molecule has 33 heavy (non-hydrogen) atoms. The van der Waals surface area contributed by atoms with Crippen LogP contribution in [0.3, 0.4) is 0 Å². The fourth-order valence-electron chi connectivity index (χ4n) is 3.56. The highest BCUT2D eigenvalue weighted by molar-refractivity contribution is 5.69. The van der Waals surface area contributed by atoms with Gasteiger partial charge in [0, 0.05) is 6.42 Å². The van der Waals surface area contributed by atoms with E-state index in [1.165, 1.54) is 63.4 Å². The number of rotatable bonds is 23. The summed E-state index contributed by atoms with van der Waals surface area (Å²) in [6, 6.07) is 8.41. The van der Waals surface area contributed by atoms with Gasteiger partial charge in [-0.15, -0.1) is 0 Å². The van der Waals surface area contributed by atoms with Crippen LogP contribution < -0.4 is 4.74 Å². The van der Waals surface area contributed by atoms with E-state index in [1.807, 2.05) is 12.1 Å². The Kier molecular flexibility index (Phi) is 19.8. The topological polar surface area (TPSA) is 54.0 Å². The van der Waals surface area contributed by atoms with E-state index in [2.05, 4.69) is 26.0 Å². The fraction of sp³-hybridized carbons (Fsp3) is 0.750. The second-order valence-corrected chi connectivity index (χ2v) is 8.62. The highest BCUT2D eigenvalue weighted by atomic mass is 16.6. The number of hydrogen-bond acceptors (Lipinski definition) is 5. The molecule has 1 aromatic rings. The zero-order valence-electron chi connectivity index (χ0n) is 21.3. The van der Waals surface area contributed by atoms with Gasteiger partial charge in [-0.05, 0) is 37.0 Å². The van der Waals surface area contributed by atoms with Crippen molar-refractivity contribution in [3.63, 3.8) is 0 Å². The third-order valence-electron chi connectivity index (χ3n) is 5.59. The molecule has 0 spiro atoms. The summed E-state index contributed by atoms with van der Waals surface area (Å²) in [5, 5.41) is 0. The second-order valence-electron chi connectivity index (χ2n) is 8.62. The van der Waals surface area contributed by atoms with Gasteiger partial charge in [-0.25, -0.2) is 0 Å². The van der Waals surface area contributed by atoms with Crippen LogP contribution >= 0.6 is 0 Å². The molecule has 190 valence electrons. The van der Waals surface area contributed by atoms with Gasteiger partial charge in [-0.2, -0.15) is 0 Å². The largest absolute Gasteiger partial charge is 0.491 e. The number of aryl methyl sites for hydroxylation is 1. The van der Waals surface area contributed by atoms with Crippen molar-refractivity contribution in [2.75, 3.05) is 39.6 Å². The molecule has 0 aliphatic rings. The molecule has 5 nitrogen and oxygen atoms in total. The van der Waals surface area contributed by atoms with Crippen LogP contribution in [0.25, 0.3) is 0 Å². The molecule has 0 amide bonds. The molecule has 0 radical (unpaired) electrons. The summed E-state index contributed by atoms with van der Waals surface area (Å²) >= 11 is 0. The molecular formula is C28H48O5. The van der Waals surface area contributed by atoms with Gasteiger partial charge in [-0.3, -0.25) is 4.79 Å². The molecule has 0 N–H and O–H groups in total. The van der Waals surface area contributed by atoms with Crippen LogP contribution in [0, 0.1) is 0 Å². The van der Waals surface area contributed by atoms with Gasteiger partial charge in [0.15, 0.2) is 0 Å². The van der Waals surface area contributed by atoms with Crippen LogP contribution in [0.4, 0.5) is 0 Å². The number of ether oxygens (including phenoxy) is 4. The van der Waals surface area contributed by atoms with E-state index in [9.17, 15) is 4.79 Å². The smallest absolute Gasteiger partial charge is 0.305 e. The molecule has 0 heterocycles. The first-order valence-corrected chi connectivity index (χ1v) is 13.3. The van der Waals surface area contributed by atoms with Gasteiger partial charge in [0.05, 0.1) is 26.4 Å². The zero-order chi connectivity index (χ0) is 23.8. The van der Waals surface area contributed by atoms with Crippen LogP contribution in [0.2, 0.25) is 0 Å². The standard InChI is InChI=1S/C28H48O5/c1-3-5-7-9-11-12-14-26-16-18-27(19-17-26)32-24-22-30-20-21-31-23-25-33-28(29)15-13-10-8-6-4-2/h16-19H,3-15,20-25H2,1-2H3. The maximum atomic E-state index is 11.6. The van der Waals surface area contributed by atoms with E-state index < -0.39 is 0 Å². The van der Waals surface area contributed by atoms with Crippen molar-refractivity contribution in [2.45, 2.75) is 97.3 Å². The van der Waals surface area contributed by atoms with Crippen molar-refractivity contribution in [1.82, 2.24) is 0 Å². The summed E-state index contributed by atoms with van der Waals surface area (Å²) in [6.07, 6.45) is 15.3. The lowest BCUT2D eigenvalue weighted by Gasteiger charge is -2.09. The molecule has 0 bridgehead atoms. The number of carbonyl (C=O) groups excluding carboxylic acids is 1. The highest BCUT2D eigenvalue weighted by Crippen LogP contribution is 2.15. The lowest BCUT2D eigenvalue weighted by atomic mass is 10.0. The molecule has 0 atom stereocenters. The van der Waals surface area contributed by atoms with Gasteiger partial charge in [-0.1, -0.05) is 83.8 Å². The summed E-state index contributed by atoms with van der Waals surface area (Å²) in [5.41, 5.74) is 1.38. The number of esters is 1. The highest BCUT2D eigenvalue weighted by Gasteiger charge is 2.02. The van der Waals surface area contributed by atoms with Crippen molar-refractivity contribution in [3.8, 4) is 5.75 Å². The number of hydrogen-bond donors (Lipinski definition) is 0. The predicted molar refractivity (Wildman–Crippen MR) is 135 cm³/mol. The molecule has 0 aliphatic heterocycles. The summed E-state index contributed by atoms with van der Waals surface area (Å²) in [4.78, 5) is 11.6. The average molecular weight is 465 g/mol. The Labute approximate surface area is 202 Å². The second kappa shape index (κ2) is 22.2. The van der Waals surface area contributed by atoms with Crippen LogP contribution in [0.1, 0.15) is 96.5 Å². The van der Waals surface area contributed by atoms with Gasteiger partial charge in [0.25, 0.3) is 0 Å². The van der Waals surface area contributed by atoms with E-state index in [4.69, 9.17) is 18.9 Å².